The zero-order chi connectivity index (χ0) is 12.1. The first-order valence-corrected chi connectivity index (χ1v) is 6.07. The van der Waals surface area contributed by atoms with Gasteiger partial charge in [0.05, 0.1) is 23.2 Å². The number of thiophene rings is 1. The Labute approximate surface area is 105 Å². The van der Waals surface area contributed by atoms with E-state index >= 15 is 0 Å². The van der Waals surface area contributed by atoms with Crippen molar-refractivity contribution in [2.75, 3.05) is 13.7 Å². The van der Waals surface area contributed by atoms with Gasteiger partial charge in [-0.25, -0.2) is 0 Å². The average Bonchev–Trinajstić information content (AvgIpc) is 2.63. The highest BCUT2D eigenvalue weighted by Crippen LogP contribution is 2.30. The van der Waals surface area contributed by atoms with E-state index in [1.165, 1.54) is 18.4 Å². The summed E-state index contributed by atoms with van der Waals surface area (Å²) in [5, 5.41) is 10.5. The first kappa shape index (κ1) is 13.1. The number of carbonyl (C=O) groups is 1. The van der Waals surface area contributed by atoms with E-state index in [2.05, 4.69) is 20.7 Å². The van der Waals surface area contributed by atoms with E-state index in [0.717, 1.165) is 8.66 Å². The quantitative estimate of drug-likeness (QED) is 0.476. The second kappa shape index (κ2) is 5.95. The highest BCUT2D eigenvalue weighted by atomic mass is 79.9. The van der Waals surface area contributed by atoms with E-state index in [4.69, 9.17) is 0 Å². The first-order valence-electron chi connectivity index (χ1n) is 4.46. The number of halogens is 1. The molecule has 1 atom stereocenters. The summed E-state index contributed by atoms with van der Waals surface area (Å²) in [4.78, 5) is 22.0. The molecule has 0 fully saturated rings. The molecule has 0 aliphatic heterocycles. The van der Waals surface area contributed by atoms with Crippen LogP contribution in [0.1, 0.15) is 17.2 Å². The monoisotopic (exact) mass is 307 g/mol. The van der Waals surface area contributed by atoms with Crippen LogP contribution in [0.4, 0.5) is 0 Å². The smallest absolute Gasteiger partial charge is 0.306 e. The number of nitrogens with zero attached hydrogens (tertiary/aromatic N) is 1. The van der Waals surface area contributed by atoms with Crippen LogP contribution in [0.2, 0.25) is 0 Å². The molecule has 0 aromatic carbocycles. The van der Waals surface area contributed by atoms with Gasteiger partial charge in [-0.1, -0.05) is 0 Å². The van der Waals surface area contributed by atoms with Crippen LogP contribution in [0.15, 0.2) is 15.9 Å². The van der Waals surface area contributed by atoms with Gasteiger partial charge in [0.1, 0.15) is 0 Å². The molecule has 0 saturated heterocycles. The molecule has 0 bridgehead atoms. The van der Waals surface area contributed by atoms with Crippen LogP contribution >= 0.6 is 27.3 Å². The van der Waals surface area contributed by atoms with Gasteiger partial charge in [0.15, 0.2) is 0 Å². The lowest BCUT2D eigenvalue weighted by Gasteiger charge is -2.08. The summed E-state index contributed by atoms with van der Waals surface area (Å²) in [7, 11) is 1.27. The molecule has 88 valence electrons. The third-order valence-corrected chi connectivity index (χ3v) is 3.79. The summed E-state index contributed by atoms with van der Waals surface area (Å²) in [5.41, 5.74) is 0. The van der Waals surface area contributed by atoms with Gasteiger partial charge in [0, 0.05) is 9.80 Å². The SMILES string of the molecule is COC(=O)CC(C[N+](=O)[O-])c1ccc(Br)s1. The number of rotatable bonds is 5. The largest absolute Gasteiger partial charge is 0.469 e. The minimum atomic E-state index is -0.434. The van der Waals surface area contributed by atoms with Crippen molar-refractivity contribution in [3.63, 3.8) is 0 Å². The third-order valence-electron chi connectivity index (χ3n) is 2.01. The Bertz CT molecular complexity index is 393. The fraction of sp³-hybridized carbons (Fsp3) is 0.444. The second-order valence-electron chi connectivity index (χ2n) is 3.13. The second-order valence-corrected chi connectivity index (χ2v) is 5.63. The summed E-state index contributed by atoms with van der Waals surface area (Å²) in [5.74, 6) is -0.852. The Morgan fingerprint density at radius 3 is 2.81 bits per heavy atom. The average molecular weight is 308 g/mol. The van der Waals surface area contributed by atoms with Crippen molar-refractivity contribution in [1.82, 2.24) is 0 Å². The topological polar surface area (TPSA) is 69.4 Å². The van der Waals surface area contributed by atoms with E-state index in [-0.39, 0.29) is 13.0 Å². The van der Waals surface area contributed by atoms with Gasteiger partial charge in [0.25, 0.3) is 0 Å². The maximum absolute atomic E-state index is 11.1. The normalized spacial score (nSPS) is 12.1. The highest BCUT2D eigenvalue weighted by Gasteiger charge is 2.23. The van der Waals surface area contributed by atoms with Crippen molar-refractivity contribution in [3.05, 3.63) is 30.9 Å². The molecule has 1 aromatic rings. The molecule has 0 amide bonds. The molecular weight excluding hydrogens is 298 g/mol. The van der Waals surface area contributed by atoms with Crippen LogP contribution in [0.5, 0.6) is 0 Å². The number of carbonyl (C=O) groups excluding carboxylic acids is 1. The van der Waals surface area contributed by atoms with Crippen molar-refractivity contribution in [1.29, 1.82) is 0 Å². The molecule has 0 aliphatic carbocycles. The predicted molar refractivity (Wildman–Crippen MR) is 63.3 cm³/mol. The van der Waals surface area contributed by atoms with E-state index in [9.17, 15) is 14.9 Å². The fourth-order valence-corrected chi connectivity index (χ4v) is 2.78. The lowest BCUT2D eigenvalue weighted by atomic mass is 10.0. The predicted octanol–water partition coefficient (Wildman–Crippen LogP) is 2.43. The Morgan fingerprint density at radius 2 is 2.38 bits per heavy atom. The van der Waals surface area contributed by atoms with Crippen LogP contribution < -0.4 is 0 Å². The number of hydrogen-bond donors (Lipinski definition) is 0. The molecule has 7 heteroatoms. The molecule has 1 aromatic heterocycles. The molecule has 0 radical (unpaired) electrons. The minimum absolute atomic E-state index is 0.0322. The fourth-order valence-electron chi connectivity index (χ4n) is 1.27. The van der Waals surface area contributed by atoms with Crippen LogP contribution in [-0.2, 0) is 9.53 Å². The van der Waals surface area contributed by atoms with Gasteiger partial charge < -0.3 is 4.74 Å². The number of methoxy groups -OCH3 is 1. The van der Waals surface area contributed by atoms with E-state index < -0.39 is 16.8 Å². The third kappa shape index (κ3) is 3.90. The Morgan fingerprint density at radius 1 is 1.69 bits per heavy atom. The molecule has 1 unspecified atom stereocenters. The summed E-state index contributed by atoms with van der Waals surface area (Å²) in [6.45, 7) is -0.262. The van der Waals surface area contributed by atoms with Gasteiger partial charge in [-0.15, -0.1) is 11.3 Å². The molecular formula is C9H10BrNO4S. The van der Waals surface area contributed by atoms with Gasteiger partial charge >= 0.3 is 5.97 Å². The van der Waals surface area contributed by atoms with Gasteiger partial charge in [-0.3, -0.25) is 14.9 Å². The maximum Gasteiger partial charge on any atom is 0.306 e. The number of hydrogen-bond acceptors (Lipinski definition) is 5. The summed E-state index contributed by atoms with van der Waals surface area (Å²) < 4.78 is 5.41. The Hall–Kier alpha value is -0.950. The lowest BCUT2D eigenvalue weighted by Crippen LogP contribution is -2.16. The molecule has 0 saturated carbocycles. The van der Waals surface area contributed by atoms with E-state index in [0.29, 0.717) is 0 Å². The van der Waals surface area contributed by atoms with Crippen LogP contribution in [0.25, 0.3) is 0 Å². The number of esters is 1. The zero-order valence-corrected chi connectivity index (χ0v) is 10.9. The van der Waals surface area contributed by atoms with Crippen LogP contribution in [-0.4, -0.2) is 24.5 Å². The summed E-state index contributed by atoms with van der Waals surface area (Å²) >= 11 is 4.68. The number of nitro groups is 1. The molecule has 1 heterocycles. The van der Waals surface area contributed by atoms with Crippen LogP contribution in [0.3, 0.4) is 0 Å². The van der Waals surface area contributed by atoms with Crippen molar-refractivity contribution >= 4 is 33.2 Å². The van der Waals surface area contributed by atoms with Crippen molar-refractivity contribution in [2.24, 2.45) is 0 Å². The highest BCUT2D eigenvalue weighted by molar-refractivity contribution is 9.11. The molecule has 16 heavy (non-hydrogen) atoms. The van der Waals surface area contributed by atoms with Crippen LogP contribution in [0, 0.1) is 10.1 Å². The summed E-state index contributed by atoms with van der Waals surface area (Å²) in [6, 6.07) is 3.59. The standard InChI is InChI=1S/C9H10BrNO4S/c1-15-9(12)4-6(5-11(13)14)7-2-3-8(10)16-7/h2-3,6H,4-5H2,1H3. The van der Waals surface area contributed by atoms with E-state index in [1.54, 1.807) is 6.07 Å². The van der Waals surface area contributed by atoms with E-state index in [1.807, 2.05) is 6.07 Å². The first-order chi connectivity index (χ1) is 7.52. The Kier molecular flexibility index (Phi) is 4.88. The molecule has 5 nitrogen and oxygen atoms in total. The summed E-state index contributed by atoms with van der Waals surface area (Å²) in [6.07, 6.45) is 0.0322. The number of ether oxygens (including phenoxy) is 1. The van der Waals surface area contributed by atoms with Gasteiger partial charge in [0.2, 0.25) is 6.54 Å². The molecule has 0 spiro atoms. The zero-order valence-electron chi connectivity index (χ0n) is 8.51. The Balaban J connectivity index is 2.78. The van der Waals surface area contributed by atoms with Gasteiger partial charge in [-0.2, -0.15) is 0 Å². The van der Waals surface area contributed by atoms with Crippen molar-refractivity contribution in [3.8, 4) is 0 Å². The molecule has 0 aliphatic rings. The van der Waals surface area contributed by atoms with Gasteiger partial charge in [-0.05, 0) is 28.1 Å². The molecule has 1 rings (SSSR count). The minimum Gasteiger partial charge on any atom is -0.469 e. The van der Waals surface area contributed by atoms with Crippen molar-refractivity contribution < 1.29 is 14.5 Å². The maximum atomic E-state index is 11.1. The molecule has 0 N–H and O–H groups in total. The van der Waals surface area contributed by atoms with Crippen molar-refractivity contribution in [2.45, 2.75) is 12.3 Å². The lowest BCUT2D eigenvalue weighted by molar-refractivity contribution is -0.483.